The van der Waals surface area contributed by atoms with Crippen LogP contribution in [0, 0.1) is 10.2 Å². The van der Waals surface area contributed by atoms with Gasteiger partial charge in [-0.1, -0.05) is 99.6 Å². The third-order valence-electron chi connectivity index (χ3n) is 20.9. The number of rotatable bonds is 18. The summed E-state index contributed by atoms with van der Waals surface area (Å²) in [5, 5.41) is 24.0. The van der Waals surface area contributed by atoms with E-state index in [2.05, 4.69) is 74.5 Å². The van der Waals surface area contributed by atoms with Crippen LogP contribution in [0.4, 0.5) is 11.6 Å². The van der Waals surface area contributed by atoms with E-state index >= 15 is 0 Å². The van der Waals surface area contributed by atoms with E-state index in [0.29, 0.717) is 129 Å². The molecule has 3 amide bonds. The molecule has 9 N–H and O–H groups in total. The van der Waals surface area contributed by atoms with Crippen molar-refractivity contribution in [1.82, 2.24) is 63.7 Å². The molecule has 0 unspecified atom stereocenters. The van der Waals surface area contributed by atoms with Crippen LogP contribution in [0.15, 0.2) is 193 Å². The first kappa shape index (κ1) is 96.2. The van der Waals surface area contributed by atoms with Crippen LogP contribution in [0.1, 0.15) is 51.0 Å². The topological polar surface area (TPSA) is 381 Å². The number of hydrogen-bond acceptors (Lipinski definition) is 23. The van der Waals surface area contributed by atoms with E-state index in [4.69, 9.17) is 77.5 Å². The van der Waals surface area contributed by atoms with Crippen LogP contribution in [-0.4, -0.2) is 187 Å². The summed E-state index contributed by atoms with van der Waals surface area (Å²) < 4.78 is 38.7. The smallest absolute Gasteiger partial charge is 1.00 e. The van der Waals surface area contributed by atoms with Crippen LogP contribution >= 0.6 is 58.3 Å². The third-order valence-corrected chi connectivity index (χ3v) is 22.5. The first-order valence-corrected chi connectivity index (χ1v) is 42.1. The zero-order valence-corrected chi connectivity index (χ0v) is 81.1. The second kappa shape index (κ2) is 43.2. The van der Waals surface area contributed by atoms with Gasteiger partial charge in [0.15, 0.2) is 57.6 Å². The molecule has 0 saturated carbocycles. The molecule has 12 heterocycles. The molecule has 30 nitrogen and oxygen atoms in total. The fourth-order valence-corrected chi connectivity index (χ4v) is 16.4. The van der Waals surface area contributed by atoms with Gasteiger partial charge in [-0.15, -0.1) is 0 Å². The van der Waals surface area contributed by atoms with E-state index < -0.39 is 0 Å². The zero-order chi connectivity index (χ0) is 83.9. The Morgan fingerprint density at radius 2 is 0.943 bits per heavy atom. The van der Waals surface area contributed by atoms with Gasteiger partial charge < -0.3 is 106 Å². The fraction of sp³-hybridized carbons (Fsp3) is 0.212. The second-order valence-electron chi connectivity index (χ2n) is 27.5. The number of carbonyl (C=O) groups excluding carboxylic acids is 4. The molecule has 3 aliphatic heterocycles. The number of H-pyrrole nitrogens is 4. The average Bonchev–Trinajstić information content (AvgIpc) is 0.946. The Balaban J connectivity index is 0.000000200. The minimum absolute atomic E-state index is 0. The number of likely N-dealkylation sites (tertiary alicyclic amines) is 3. The molecule has 123 heavy (non-hydrogen) atoms. The molecule has 626 valence electrons. The van der Waals surface area contributed by atoms with Gasteiger partial charge in [-0.2, -0.15) is 0 Å². The minimum Gasteiger partial charge on any atom is -1.00 e. The number of amides is 3. The quantitative estimate of drug-likeness (QED) is 0.00639. The fourth-order valence-electron chi connectivity index (χ4n) is 14.7. The molecule has 9 aromatic heterocycles. The number of anilines is 2. The molecular formula is C85H83Cl2IK2N18O12S3. The molecule has 0 bridgehead atoms. The molecule has 15 aromatic rings. The van der Waals surface area contributed by atoms with Gasteiger partial charge in [-0.05, 0) is 113 Å². The second-order valence-corrected chi connectivity index (χ2v) is 29.4. The predicted octanol–water partition coefficient (Wildman–Crippen LogP) is 0.218. The van der Waals surface area contributed by atoms with E-state index in [9.17, 15) is 14.4 Å². The van der Waals surface area contributed by atoms with Gasteiger partial charge in [0.25, 0.3) is 29.4 Å². The number of nitrogens with two attached hydrogens (primary N) is 2. The number of aromatic amines is 4. The molecule has 0 spiro atoms. The maximum atomic E-state index is 13.3. The summed E-state index contributed by atoms with van der Waals surface area (Å²) in [4.78, 5) is 94.1. The van der Waals surface area contributed by atoms with Gasteiger partial charge >= 0.3 is 103 Å². The van der Waals surface area contributed by atoms with Crippen molar-refractivity contribution in [2.45, 2.75) is 28.4 Å². The summed E-state index contributed by atoms with van der Waals surface area (Å²) in [5.41, 5.74) is 26.3. The van der Waals surface area contributed by atoms with Crippen molar-refractivity contribution in [2.24, 2.45) is 0 Å². The number of fused-ring (bicyclic) bond motifs is 6. The Kier molecular flexibility index (Phi) is 33.8. The number of halogens is 3. The van der Waals surface area contributed by atoms with Crippen LogP contribution in [0.3, 0.4) is 0 Å². The summed E-state index contributed by atoms with van der Waals surface area (Å²) in [6.45, 7) is 2.87. The maximum absolute atomic E-state index is 13.3. The molecule has 6 aromatic carbocycles. The van der Waals surface area contributed by atoms with Gasteiger partial charge in [0.1, 0.15) is 34.4 Å². The molecule has 0 aliphatic carbocycles. The molecule has 38 heteroatoms. The molecule has 3 saturated heterocycles. The molecule has 0 atom stereocenters. The first-order valence-electron chi connectivity index (χ1n) is 37.0. The first-order chi connectivity index (χ1) is 57.9. The molecular weight excluding hydrogens is 1840 g/mol. The number of methoxy groups -OCH3 is 6. The number of carbonyl (C=O) groups is 4. The maximum Gasteiger partial charge on any atom is 1.00 e. The Hall–Kier alpha value is -9.05. The Bertz CT molecular complexity index is 6500. The third kappa shape index (κ3) is 20.1. The van der Waals surface area contributed by atoms with Crippen molar-refractivity contribution in [3.63, 3.8) is 0 Å². The van der Waals surface area contributed by atoms with Gasteiger partial charge in [0, 0.05) is 141 Å². The number of thioether (sulfide) groups is 2. The molecule has 0 radical (unpaired) electrons. The van der Waals surface area contributed by atoms with Crippen LogP contribution in [0.25, 0.3) is 98.8 Å². The number of benzene rings is 6. The minimum atomic E-state index is -0.181. The summed E-state index contributed by atoms with van der Waals surface area (Å²) in [6.07, 6.45) is 14.9. The molecule has 3 fully saturated rings. The number of alkyl halides is 1. The van der Waals surface area contributed by atoms with E-state index in [1.165, 1.54) is 23.5 Å². The molecule has 3 aliphatic rings. The average molecular weight is 1920 g/mol. The number of pyridine rings is 3. The van der Waals surface area contributed by atoms with E-state index in [1.807, 2.05) is 170 Å². The number of nitrogen functional groups attached to an aromatic ring is 2. The van der Waals surface area contributed by atoms with E-state index in [1.54, 1.807) is 89.1 Å². The molecule has 18 rings (SSSR count). The van der Waals surface area contributed by atoms with Crippen molar-refractivity contribution in [1.29, 1.82) is 5.41 Å². The zero-order valence-electron chi connectivity index (χ0n) is 69.7. The Labute approximate surface area is 832 Å². The number of ether oxygens (including phenoxy) is 6. The Morgan fingerprint density at radius 3 is 1.35 bits per heavy atom. The van der Waals surface area contributed by atoms with Crippen molar-refractivity contribution >= 4 is 160 Å². The van der Waals surface area contributed by atoms with Crippen molar-refractivity contribution in [3.05, 3.63) is 210 Å². The van der Waals surface area contributed by atoms with Crippen molar-refractivity contribution in [2.75, 3.05) is 111 Å². The summed E-state index contributed by atoms with van der Waals surface area (Å²) in [6, 6.07) is 46.6. The van der Waals surface area contributed by atoms with Crippen LogP contribution in [0.2, 0.25) is 0 Å². The monoisotopic (exact) mass is 1920 g/mol. The standard InChI is InChI=1S/2C28H26N6O3S.C27H24N6O3S.CH3I.CH2O3.2ClH.2K.H/c2*1-36-24-11-20-22(12-25(24)37-2)32-28(38-3)34(26(20)29)19-14-33(15-19)27(35)23-10-17-7-6-16(9-21(17)31-23)18-5-4-8-30-13-18;1-35-23-10-19-21(11-24(23)36-2)31-27(37)33(25(19)28)18-13-32(14-18)26(34)22-9-16-6-5-15(8-20(16)30-22)17-4-3-7-29-12-17;1-2;2-1-4-3;;;;;/h4-13,19,29H,14-15H2,1-3H3,(H,31,35);4-13,19,29,31H,14-15H2,1-3H3;3-12,18,30H,13-14,28H2,1-2H3;1H3;1,3H;2*1H;;;/q;;;;;;;2*+1;-1/p-1. The normalized spacial score (nSPS) is 12.7. The number of hydrogen-bond donors (Lipinski definition) is 6. The predicted molar refractivity (Wildman–Crippen MR) is 466 cm³/mol. The van der Waals surface area contributed by atoms with E-state index in [-0.39, 0.29) is 171 Å². The van der Waals surface area contributed by atoms with Gasteiger partial charge in [-0.3, -0.25) is 43.7 Å². The van der Waals surface area contributed by atoms with Crippen molar-refractivity contribution in [3.8, 4) is 67.9 Å². The summed E-state index contributed by atoms with van der Waals surface area (Å²) >= 11 is 10.7. The number of nitrogens with one attached hydrogen (secondary N) is 5. The summed E-state index contributed by atoms with van der Waals surface area (Å²) in [5.74, 6) is 4.35. The number of aromatic nitrogens is 12. The van der Waals surface area contributed by atoms with Gasteiger partial charge in [0.2, 0.25) is 10.6 Å². The number of nitrogens with zero attached hydrogens (tertiary/aromatic N) is 11. The van der Waals surface area contributed by atoms with Crippen LogP contribution in [-0.2, 0) is 9.68 Å². The van der Waals surface area contributed by atoms with Crippen molar-refractivity contribution < 1.29 is 196 Å². The van der Waals surface area contributed by atoms with E-state index in [0.717, 1.165) is 92.7 Å². The van der Waals surface area contributed by atoms with Gasteiger partial charge in [0.05, 0.1) is 84.3 Å². The summed E-state index contributed by atoms with van der Waals surface area (Å²) in [7, 11) is 9.48. The van der Waals surface area contributed by atoms with Gasteiger partial charge in [-0.25, -0.2) is 19.5 Å². The Morgan fingerprint density at radius 1 is 0.545 bits per heavy atom. The largest absolute Gasteiger partial charge is 1.00 e. The van der Waals surface area contributed by atoms with Crippen LogP contribution < -0.4 is 188 Å². The SMILES string of the molecule is CI.COc1cc2nc(=S)n(C3CN(C(=O)c4cc5ccc(-c6cccnc6)cc5[nH]4)C3)c(N)c2cc1OC.COc1cc2nc(SC)[n+](C3CN(C(=O)c4cc5ccc(-c6ccc[nH+]c6)cc5[nH]4)C3)c(N)c2cc1OC.COc1cc2nc(SC)n(C3CN(C(=O)c4cc5ccc(-c6cccnc6)cc5[nH]4)C3)c(=N)c2cc1OC.O=CO[O-].[Cl-].[Cl-].[H-].[K+].[K+]. The van der Waals surface area contributed by atoms with Crippen LogP contribution in [0.5, 0.6) is 34.5 Å².